The lowest BCUT2D eigenvalue weighted by Crippen LogP contribution is -2.34. The quantitative estimate of drug-likeness (QED) is 0.897. The van der Waals surface area contributed by atoms with Crippen molar-refractivity contribution in [1.82, 2.24) is 5.32 Å². The number of rotatable bonds is 4. The molecule has 1 heterocycles. The Bertz CT molecular complexity index is 536. The van der Waals surface area contributed by atoms with Crippen LogP contribution in [-0.2, 0) is 11.2 Å². The maximum atomic E-state index is 11.6. The number of fused-ring (bicyclic) bond motifs is 1. The first-order valence-electron chi connectivity index (χ1n) is 6.50. The first-order valence-corrected chi connectivity index (χ1v) is 6.50. The summed E-state index contributed by atoms with van der Waals surface area (Å²) in [4.78, 5) is 11.6. The van der Waals surface area contributed by atoms with E-state index >= 15 is 0 Å². The Hall–Kier alpha value is -1.77. The second-order valence-corrected chi connectivity index (χ2v) is 5.14. The fraction of sp³-hybridized carbons (Fsp3) is 0.400. The van der Waals surface area contributed by atoms with E-state index in [0.29, 0.717) is 0 Å². The van der Waals surface area contributed by atoms with Gasteiger partial charge in [0.25, 0.3) is 0 Å². The van der Waals surface area contributed by atoms with Gasteiger partial charge in [0.2, 0.25) is 5.91 Å². The van der Waals surface area contributed by atoms with E-state index in [1.807, 2.05) is 31.2 Å². The number of carbonyl (C=O) groups is 1. The van der Waals surface area contributed by atoms with E-state index in [1.165, 1.54) is 0 Å². The monoisotopic (exact) mass is 243 g/mol. The molecular weight excluding hydrogens is 226 g/mol. The summed E-state index contributed by atoms with van der Waals surface area (Å²) < 4.78 is 5.75. The second-order valence-electron chi connectivity index (χ2n) is 5.14. The van der Waals surface area contributed by atoms with Crippen molar-refractivity contribution in [2.24, 2.45) is 5.92 Å². The van der Waals surface area contributed by atoms with E-state index in [0.717, 1.165) is 36.0 Å². The first-order chi connectivity index (χ1) is 8.72. The number of hydrogen-bond donors (Lipinski definition) is 1. The van der Waals surface area contributed by atoms with Crippen molar-refractivity contribution in [3.8, 4) is 0 Å². The van der Waals surface area contributed by atoms with Crippen LogP contribution in [0.1, 0.15) is 25.5 Å². The molecular formula is C15H17NO2. The minimum atomic E-state index is 0.124. The molecule has 1 fully saturated rings. The minimum Gasteiger partial charge on any atom is -0.461 e. The lowest BCUT2D eigenvalue weighted by atomic mass is 10.1. The van der Waals surface area contributed by atoms with Crippen molar-refractivity contribution in [2.45, 2.75) is 32.2 Å². The van der Waals surface area contributed by atoms with Crippen LogP contribution in [0.5, 0.6) is 0 Å². The van der Waals surface area contributed by atoms with Gasteiger partial charge in [0.15, 0.2) is 0 Å². The average molecular weight is 243 g/mol. The molecule has 0 spiro atoms. The zero-order valence-corrected chi connectivity index (χ0v) is 10.5. The van der Waals surface area contributed by atoms with E-state index in [9.17, 15) is 4.79 Å². The van der Waals surface area contributed by atoms with E-state index in [4.69, 9.17) is 4.42 Å². The summed E-state index contributed by atoms with van der Waals surface area (Å²) in [7, 11) is 0. The molecule has 94 valence electrons. The summed E-state index contributed by atoms with van der Waals surface area (Å²) in [5, 5.41) is 4.15. The number of benzene rings is 1. The van der Waals surface area contributed by atoms with E-state index < -0.39 is 0 Å². The highest BCUT2D eigenvalue weighted by molar-refractivity contribution is 5.81. The molecule has 3 rings (SSSR count). The number of carbonyl (C=O) groups excluding carboxylic acids is 1. The molecule has 1 saturated carbocycles. The topological polar surface area (TPSA) is 42.2 Å². The lowest BCUT2D eigenvalue weighted by Gasteiger charge is -2.11. The van der Waals surface area contributed by atoms with Crippen LogP contribution < -0.4 is 5.32 Å². The molecule has 0 unspecified atom stereocenters. The number of furan rings is 1. The molecule has 1 amide bonds. The maximum Gasteiger partial charge on any atom is 0.223 e. The Morgan fingerprint density at radius 1 is 1.44 bits per heavy atom. The first kappa shape index (κ1) is 11.3. The van der Waals surface area contributed by atoms with Crippen molar-refractivity contribution in [1.29, 1.82) is 0 Å². The molecule has 1 aromatic carbocycles. The third kappa shape index (κ3) is 2.40. The average Bonchev–Trinajstić information content (AvgIpc) is 3.10. The third-order valence-electron chi connectivity index (χ3n) is 3.32. The normalized spacial score (nSPS) is 16.7. The molecule has 0 bridgehead atoms. The lowest BCUT2D eigenvalue weighted by molar-refractivity contribution is -0.122. The van der Waals surface area contributed by atoms with Gasteiger partial charge in [-0.05, 0) is 31.9 Å². The summed E-state index contributed by atoms with van der Waals surface area (Å²) in [5.41, 5.74) is 0.910. The number of amides is 1. The predicted octanol–water partition coefficient (Wildman–Crippen LogP) is 2.89. The highest BCUT2D eigenvalue weighted by atomic mass is 16.3. The van der Waals surface area contributed by atoms with Crippen molar-refractivity contribution < 1.29 is 9.21 Å². The molecule has 1 N–H and O–H groups in total. The van der Waals surface area contributed by atoms with E-state index in [-0.39, 0.29) is 17.9 Å². The largest absolute Gasteiger partial charge is 0.461 e. The van der Waals surface area contributed by atoms with Gasteiger partial charge in [-0.3, -0.25) is 4.79 Å². The van der Waals surface area contributed by atoms with Gasteiger partial charge in [-0.15, -0.1) is 0 Å². The SMILES string of the molecule is C[C@H](Cc1cc2ccccc2o1)NC(=O)C1CC1. The summed E-state index contributed by atoms with van der Waals surface area (Å²) in [6.45, 7) is 2.02. The highest BCUT2D eigenvalue weighted by Gasteiger charge is 2.30. The molecule has 1 aliphatic rings. The Kier molecular flexibility index (Phi) is 2.82. The van der Waals surface area contributed by atoms with Crippen molar-refractivity contribution in [3.63, 3.8) is 0 Å². The highest BCUT2D eigenvalue weighted by Crippen LogP contribution is 2.29. The van der Waals surface area contributed by atoms with Crippen molar-refractivity contribution in [2.75, 3.05) is 0 Å². The van der Waals surface area contributed by atoms with Gasteiger partial charge >= 0.3 is 0 Å². The molecule has 0 saturated heterocycles. The Labute approximate surface area is 106 Å². The number of para-hydroxylation sites is 1. The zero-order valence-electron chi connectivity index (χ0n) is 10.5. The molecule has 1 aliphatic carbocycles. The zero-order chi connectivity index (χ0) is 12.5. The van der Waals surface area contributed by atoms with Crippen LogP contribution in [0.15, 0.2) is 34.7 Å². The van der Waals surface area contributed by atoms with Gasteiger partial charge < -0.3 is 9.73 Å². The summed E-state index contributed by atoms with van der Waals surface area (Å²) in [6.07, 6.45) is 2.83. The molecule has 1 atom stereocenters. The standard InChI is InChI=1S/C15H17NO2/c1-10(16-15(17)11-6-7-11)8-13-9-12-4-2-3-5-14(12)18-13/h2-5,9-11H,6-8H2,1H3,(H,16,17)/t10-/m1/s1. The molecule has 3 heteroatoms. The summed E-state index contributed by atoms with van der Waals surface area (Å²) in [5.74, 6) is 1.39. The molecule has 3 nitrogen and oxygen atoms in total. The summed E-state index contributed by atoms with van der Waals surface area (Å²) in [6, 6.07) is 10.1. The molecule has 2 aromatic rings. The third-order valence-corrected chi connectivity index (χ3v) is 3.32. The van der Waals surface area contributed by atoms with Gasteiger partial charge in [0.05, 0.1) is 0 Å². The molecule has 0 aliphatic heterocycles. The number of hydrogen-bond acceptors (Lipinski definition) is 2. The van der Waals surface area contributed by atoms with E-state index in [1.54, 1.807) is 0 Å². The smallest absolute Gasteiger partial charge is 0.223 e. The van der Waals surface area contributed by atoms with Crippen LogP contribution in [0.3, 0.4) is 0 Å². The fourth-order valence-electron chi connectivity index (χ4n) is 2.20. The Morgan fingerprint density at radius 3 is 2.94 bits per heavy atom. The Balaban J connectivity index is 1.65. The van der Waals surface area contributed by atoms with Gasteiger partial charge in [-0.25, -0.2) is 0 Å². The van der Waals surface area contributed by atoms with Crippen LogP contribution in [0, 0.1) is 5.92 Å². The van der Waals surface area contributed by atoms with Crippen molar-refractivity contribution in [3.05, 3.63) is 36.1 Å². The van der Waals surface area contributed by atoms with Gasteiger partial charge in [0.1, 0.15) is 11.3 Å². The van der Waals surface area contributed by atoms with Gasteiger partial charge in [0, 0.05) is 23.8 Å². The fourth-order valence-corrected chi connectivity index (χ4v) is 2.20. The van der Waals surface area contributed by atoms with Gasteiger partial charge in [-0.2, -0.15) is 0 Å². The summed E-state index contributed by atoms with van der Waals surface area (Å²) >= 11 is 0. The van der Waals surface area contributed by atoms with Crippen LogP contribution in [0.4, 0.5) is 0 Å². The predicted molar refractivity (Wildman–Crippen MR) is 70.2 cm³/mol. The van der Waals surface area contributed by atoms with Crippen LogP contribution in [-0.4, -0.2) is 11.9 Å². The molecule has 0 radical (unpaired) electrons. The van der Waals surface area contributed by atoms with Crippen molar-refractivity contribution >= 4 is 16.9 Å². The van der Waals surface area contributed by atoms with Crippen LogP contribution >= 0.6 is 0 Å². The molecule has 18 heavy (non-hydrogen) atoms. The van der Waals surface area contributed by atoms with E-state index in [2.05, 4.69) is 11.4 Å². The Morgan fingerprint density at radius 2 is 2.22 bits per heavy atom. The second kappa shape index (κ2) is 4.48. The van der Waals surface area contributed by atoms with Crippen LogP contribution in [0.25, 0.3) is 11.0 Å². The number of nitrogens with one attached hydrogen (secondary N) is 1. The minimum absolute atomic E-state index is 0.124. The van der Waals surface area contributed by atoms with Gasteiger partial charge in [-0.1, -0.05) is 18.2 Å². The maximum absolute atomic E-state index is 11.6. The van der Waals surface area contributed by atoms with Crippen LogP contribution in [0.2, 0.25) is 0 Å². The molecule has 1 aromatic heterocycles.